The van der Waals surface area contributed by atoms with Gasteiger partial charge in [0.25, 0.3) is 0 Å². The highest BCUT2D eigenvalue weighted by Crippen LogP contribution is 2.40. The van der Waals surface area contributed by atoms with Crippen LogP contribution in [0.15, 0.2) is 4.90 Å². The normalized spacial score (nSPS) is 23.2. The van der Waals surface area contributed by atoms with E-state index in [0.29, 0.717) is 27.6 Å². The quantitative estimate of drug-likeness (QED) is 0.893. The zero-order valence-electron chi connectivity index (χ0n) is 15.3. The zero-order chi connectivity index (χ0) is 17.4. The first-order valence-corrected chi connectivity index (χ1v) is 10.1. The van der Waals surface area contributed by atoms with Gasteiger partial charge in [-0.15, -0.1) is 0 Å². The fourth-order valence-corrected chi connectivity index (χ4v) is 5.45. The number of nitrogens with one attached hydrogen (secondary N) is 1. The molecule has 1 N–H and O–H groups in total. The Kier molecular flexibility index (Phi) is 5.26. The predicted octanol–water partition coefficient (Wildman–Crippen LogP) is 3.31. The van der Waals surface area contributed by atoms with Crippen LogP contribution in [0.1, 0.15) is 64.3 Å². The minimum Gasteiger partial charge on any atom is -0.271 e. The van der Waals surface area contributed by atoms with Gasteiger partial charge in [0.05, 0.1) is 11.4 Å². The second-order valence-corrected chi connectivity index (χ2v) is 9.29. The third kappa shape index (κ3) is 3.79. The molecule has 6 heteroatoms. The van der Waals surface area contributed by atoms with E-state index in [-0.39, 0.29) is 6.04 Å². The molecule has 0 saturated heterocycles. The summed E-state index contributed by atoms with van der Waals surface area (Å²) < 4.78 is 30.0. The van der Waals surface area contributed by atoms with Crippen LogP contribution in [0.3, 0.4) is 0 Å². The molecule has 1 heterocycles. The van der Waals surface area contributed by atoms with E-state index in [1.807, 2.05) is 0 Å². The van der Waals surface area contributed by atoms with Gasteiger partial charge >= 0.3 is 0 Å². The maximum Gasteiger partial charge on any atom is 0.244 e. The summed E-state index contributed by atoms with van der Waals surface area (Å²) in [4.78, 5) is 0.344. The minimum atomic E-state index is -3.49. The number of hydrogen-bond donors (Lipinski definition) is 1. The van der Waals surface area contributed by atoms with E-state index < -0.39 is 10.0 Å². The van der Waals surface area contributed by atoms with Crippen molar-refractivity contribution in [3.8, 4) is 0 Å². The lowest BCUT2D eigenvalue weighted by atomic mass is 9.69. The molecule has 5 nitrogen and oxygen atoms in total. The van der Waals surface area contributed by atoms with E-state index in [2.05, 4.69) is 30.6 Å². The van der Waals surface area contributed by atoms with E-state index in [4.69, 9.17) is 0 Å². The largest absolute Gasteiger partial charge is 0.271 e. The van der Waals surface area contributed by atoms with Gasteiger partial charge in [-0.1, -0.05) is 27.2 Å². The average molecular weight is 342 g/mol. The van der Waals surface area contributed by atoms with Gasteiger partial charge in [0.2, 0.25) is 10.0 Å². The number of nitrogens with zero attached hydrogens (tertiary/aromatic N) is 2. The molecular formula is C17H31N3O2S. The standard InChI is InChI=1S/C17H31N3O2S/c1-7-17(4,5)14-8-10-15(11-9-14)19-23(21,22)16-12(2)18-20(6)13(16)3/h14-15,19H,7-11H2,1-6H3. The molecule has 1 saturated carbocycles. The lowest BCUT2D eigenvalue weighted by Crippen LogP contribution is -2.40. The van der Waals surface area contributed by atoms with Crippen molar-refractivity contribution in [2.24, 2.45) is 18.4 Å². The van der Waals surface area contributed by atoms with Gasteiger partial charge in [0.1, 0.15) is 4.90 Å². The number of rotatable bonds is 5. The van der Waals surface area contributed by atoms with E-state index >= 15 is 0 Å². The molecule has 0 spiro atoms. The Hall–Kier alpha value is -0.880. The first-order chi connectivity index (χ1) is 10.6. The number of hydrogen-bond acceptors (Lipinski definition) is 3. The van der Waals surface area contributed by atoms with E-state index in [9.17, 15) is 8.42 Å². The van der Waals surface area contributed by atoms with Crippen LogP contribution in [0.2, 0.25) is 0 Å². The molecule has 1 aliphatic rings. The molecule has 1 aromatic heterocycles. The fraction of sp³-hybridized carbons (Fsp3) is 0.824. The zero-order valence-corrected chi connectivity index (χ0v) is 16.1. The molecular weight excluding hydrogens is 310 g/mol. The van der Waals surface area contributed by atoms with Gasteiger partial charge in [-0.3, -0.25) is 4.68 Å². The highest BCUT2D eigenvalue weighted by atomic mass is 32.2. The summed E-state index contributed by atoms with van der Waals surface area (Å²) in [5, 5.41) is 4.22. The van der Waals surface area contributed by atoms with Gasteiger partial charge in [0, 0.05) is 13.1 Å². The molecule has 0 bridgehead atoms. The van der Waals surface area contributed by atoms with Crippen molar-refractivity contribution in [3.63, 3.8) is 0 Å². The van der Waals surface area contributed by atoms with Gasteiger partial charge in [-0.05, 0) is 50.9 Å². The van der Waals surface area contributed by atoms with Crippen LogP contribution in [0.25, 0.3) is 0 Å². The van der Waals surface area contributed by atoms with Crippen molar-refractivity contribution >= 4 is 10.0 Å². The van der Waals surface area contributed by atoms with Crippen LogP contribution in [-0.4, -0.2) is 24.2 Å². The highest BCUT2D eigenvalue weighted by molar-refractivity contribution is 7.89. The highest BCUT2D eigenvalue weighted by Gasteiger charge is 2.34. The molecule has 1 fully saturated rings. The maximum atomic E-state index is 12.7. The van der Waals surface area contributed by atoms with Crippen molar-refractivity contribution in [3.05, 3.63) is 11.4 Å². The average Bonchev–Trinajstić information content (AvgIpc) is 2.72. The first-order valence-electron chi connectivity index (χ1n) is 8.61. The molecule has 0 radical (unpaired) electrons. The molecule has 0 atom stereocenters. The fourth-order valence-electron chi connectivity index (χ4n) is 3.70. The summed E-state index contributed by atoms with van der Waals surface area (Å²) in [7, 11) is -1.72. The summed E-state index contributed by atoms with van der Waals surface area (Å²) in [5.74, 6) is 0.690. The van der Waals surface area contributed by atoms with E-state index in [1.54, 1.807) is 25.6 Å². The van der Waals surface area contributed by atoms with Crippen LogP contribution in [0, 0.1) is 25.2 Å². The summed E-state index contributed by atoms with van der Waals surface area (Å²) >= 11 is 0. The lowest BCUT2D eigenvalue weighted by Gasteiger charge is -2.39. The van der Waals surface area contributed by atoms with E-state index in [1.165, 1.54) is 6.42 Å². The van der Waals surface area contributed by atoms with Crippen molar-refractivity contribution in [2.75, 3.05) is 0 Å². The Morgan fingerprint density at radius 3 is 2.22 bits per heavy atom. The Morgan fingerprint density at radius 1 is 1.22 bits per heavy atom. The molecule has 1 aromatic rings. The summed E-state index contributed by atoms with van der Waals surface area (Å²) in [5.41, 5.74) is 1.61. The smallest absolute Gasteiger partial charge is 0.244 e. The first kappa shape index (κ1) is 18.5. The van der Waals surface area contributed by atoms with Gasteiger partial charge in [-0.2, -0.15) is 5.10 Å². The maximum absolute atomic E-state index is 12.7. The molecule has 2 rings (SSSR count). The Bertz CT molecular complexity index is 654. The van der Waals surface area contributed by atoms with E-state index in [0.717, 1.165) is 25.7 Å². The van der Waals surface area contributed by atoms with Crippen LogP contribution in [0.5, 0.6) is 0 Å². The minimum absolute atomic E-state index is 0.0444. The summed E-state index contributed by atoms with van der Waals surface area (Å²) in [6, 6.07) is 0.0444. The Balaban J connectivity index is 2.06. The topological polar surface area (TPSA) is 64.0 Å². The summed E-state index contributed by atoms with van der Waals surface area (Å²) in [6.07, 6.45) is 5.21. The molecule has 0 aromatic carbocycles. The monoisotopic (exact) mass is 341 g/mol. The van der Waals surface area contributed by atoms with Gasteiger partial charge in [-0.25, -0.2) is 13.1 Å². The van der Waals surface area contributed by atoms with Gasteiger partial charge in [0.15, 0.2) is 0 Å². The molecule has 1 aliphatic carbocycles. The lowest BCUT2D eigenvalue weighted by molar-refractivity contribution is 0.142. The van der Waals surface area contributed by atoms with Crippen LogP contribution < -0.4 is 4.72 Å². The Labute approximate surface area is 140 Å². The second-order valence-electron chi connectivity index (χ2n) is 7.64. The molecule has 0 unspecified atom stereocenters. The van der Waals surface area contributed by atoms with Crippen molar-refractivity contribution in [1.82, 2.24) is 14.5 Å². The third-order valence-electron chi connectivity index (χ3n) is 5.78. The molecule has 23 heavy (non-hydrogen) atoms. The third-order valence-corrected chi connectivity index (χ3v) is 7.55. The number of aryl methyl sites for hydroxylation is 2. The second kappa shape index (κ2) is 6.55. The van der Waals surface area contributed by atoms with Crippen molar-refractivity contribution in [2.45, 2.75) is 77.7 Å². The van der Waals surface area contributed by atoms with Crippen molar-refractivity contribution in [1.29, 1.82) is 0 Å². The number of aromatic nitrogens is 2. The SMILES string of the molecule is CCC(C)(C)C1CCC(NS(=O)(=O)c2c(C)nn(C)c2C)CC1. The molecule has 0 aliphatic heterocycles. The van der Waals surface area contributed by atoms with Crippen LogP contribution in [0.4, 0.5) is 0 Å². The Morgan fingerprint density at radius 2 is 1.78 bits per heavy atom. The molecule has 132 valence electrons. The predicted molar refractivity (Wildman–Crippen MR) is 92.8 cm³/mol. The van der Waals surface area contributed by atoms with Crippen LogP contribution in [-0.2, 0) is 17.1 Å². The number of sulfonamides is 1. The molecule has 0 amide bonds. The van der Waals surface area contributed by atoms with Crippen molar-refractivity contribution < 1.29 is 8.42 Å². The van der Waals surface area contributed by atoms with Gasteiger partial charge < -0.3 is 0 Å². The summed E-state index contributed by atoms with van der Waals surface area (Å²) in [6.45, 7) is 10.4. The van der Waals surface area contributed by atoms with Crippen LogP contribution >= 0.6 is 0 Å².